The van der Waals surface area contributed by atoms with Gasteiger partial charge in [0.1, 0.15) is 11.6 Å². The molecule has 0 bridgehead atoms. The third-order valence-corrected chi connectivity index (χ3v) is 6.49. The van der Waals surface area contributed by atoms with Crippen molar-refractivity contribution in [2.24, 2.45) is 0 Å². The molecule has 204 valence electrons. The Kier molecular flexibility index (Phi) is 8.49. The van der Waals surface area contributed by atoms with Crippen molar-refractivity contribution < 1.29 is 14.6 Å². The van der Waals surface area contributed by atoms with Crippen molar-refractivity contribution >= 4 is 34.9 Å². The molecule has 1 atom stereocenters. The van der Waals surface area contributed by atoms with Gasteiger partial charge in [-0.2, -0.15) is 0 Å². The lowest BCUT2D eigenvalue weighted by Crippen LogP contribution is -2.09. The molecule has 0 aliphatic carbocycles. The maximum Gasteiger partial charge on any atom is 0.162 e. The summed E-state index contributed by atoms with van der Waals surface area (Å²) in [5.41, 5.74) is 6.25. The van der Waals surface area contributed by atoms with Crippen LogP contribution in [0.4, 0.5) is 17.2 Å². The number of anilines is 3. The Morgan fingerprint density at radius 2 is 1.62 bits per heavy atom. The SMILES string of the molecule is C=C(O)c1ccc(NC(=C)c2cccc(-c3nc(Nc4ccc(OC)c(OC)c4)c(C)c(C(C)C=N)n3)c2)cc1. The highest BCUT2D eigenvalue weighted by Crippen LogP contribution is 2.33. The van der Waals surface area contributed by atoms with E-state index in [4.69, 9.17) is 24.9 Å². The van der Waals surface area contributed by atoms with Crippen LogP contribution in [0.2, 0.25) is 0 Å². The van der Waals surface area contributed by atoms with E-state index in [-0.39, 0.29) is 11.7 Å². The molecule has 0 fully saturated rings. The van der Waals surface area contributed by atoms with E-state index in [1.807, 2.05) is 68.4 Å². The summed E-state index contributed by atoms with van der Waals surface area (Å²) in [5, 5.41) is 24.1. The van der Waals surface area contributed by atoms with Gasteiger partial charge in [-0.05, 0) is 55.0 Å². The first-order valence-corrected chi connectivity index (χ1v) is 12.7. The van der Waals surface area contributed by atoms with Gasteiger partial charge in [-0.1, -0.05) is 38.3 Å². The highest BCUT2D eigenvalue weighted by atomic mass is 16.5. The molecule has 0 aliphatic heterocycles. The summed E-state index contributed by atoms with van der Waals surface area (Å²) in [6.07, 6.45) is 1.37. The van der Waals surface area contributed by atoms with Crippen LogP contribution in [-0.4, -0.2) is 35.5 Å². The molecule has 1 heterocycles. The number of rotatable bonds is 11. The minimum atomic E-state index is -0.203. The summed E-state index contributed by atoms with van der Waals surface area (Å²) in [5.74, 6) is 2.21. The summed E-state index contributed by atoms with van der Waals surface area (Å²) in [7, 11) is 3.19. The molecule has 0 saturated heterocycles. The van der Waals surface area contributed by atoms with Gasteiger partial charge in [0.2, 0.25) is 0 Å². The zero-order chi connectivity index (χ0) is 28.8. The fourth-order valence-electron chi connectivity index (χ4n) is 4.20. The summed E-state index contributed by atoms with van der Waals surface area (Å²) >= 11 is 0. The number of nitrogens with zero attached hydrogens (tertiary/aromatic N) is 2. The number of aromatic nitrogens is 2. The zero-order valence-corrected chi connectivity index (χ0v) is 23.1. The van der Waals surface area contributed by atoms with Crippen LogP contribution in [0, 0.1) is 12.3 Å². The second-order valence-corrected chi connectivity index (χ2v) is 9.26. The molecule has 4 aromatic rings. The Morgan fingerprint density at radius 3 is 2.27 bits per heavy atom. The summed E-state index contributed by atoms with van der Waals surface area (Å²) < 4.78 is 10.8. The van der Waals surface area contributed by atoms with E-state index < -0.39 is 0 Å². The predicted molar refractivity (Wildman–Crippen MR) is 163 cm³/mol. The first-order chi connectivity index (χ1) is 19.2. The van der Waals surface area contributed by atoms with E-state index in [1.165, 1.54) is 6.21 Å². The Labute approximate surface area is 234 Å². The number of hydrogen-bond acceptors (Lipinski definition) is 8. The maximum absolute atomic E-state index is 9.58. The molecule has 0 radical (unpaired) electrons. The van der Waals surface area contributed by atoms with Crippen molar-refractivity contribution in [3.63, 3.8) is 0 Å². The number of aliphatic hydroxyl groups is 1. The summed E-state index contributed by atoms with van der Waals surface area (Å²) in [6.45, 7) is 11.6. The Balaban J connectivity index is 1.68. The monoisotopic (exact) mass is 535 g/mol. The van der Waals surface area contributed by atoms with Gasteiger partial charge in [0, 0.05) is 52.0 Å². The average molecular weight is 536 g/mol. The average Bonchev–Trinajstić information content (AvgIpc) is 2.98. The maximum atomic E-state index is 9.58. The third-order valence-electron chi connectivity index (χ3n) is 6.49. The minimum absolute atomic E-state index is 0.0212. The van der Waals surface area contributed by atoms with Gasteiger partial charge < -0.3 is 30.6 Å². The minimum Gasteiger partial charge on any atom is -0.508 e. The van der Waals surface area contributed by atoms with Crippen LogP contribution in [0.5, 0.6) is 11.5 Å². The van der Waals surface area contributed by atoms with Gasteiger partial charge in [0.05, 0.1) is 19.9 Å². The van der Waals surface area contributed by atoms with Crippen molar-refractivity contribution in [1.29, 1.82) is 5.41 Å². The molecular weight excluding hydrogens is 502 g/mol. The molecule has 1 unspecified atom stereocenters. The molecule has 0 aliphatic rings. The van der Waals surface area contributed by atoms with Crippen LogP contribution < -0.4 is 20.1 Å². The van der Waals surface area contributed by atoms with E-state index in [0.717, 1.165) is 33.8 Å². The molecule has 40 heavy (non-hydrogen) atoms. The van der Waals surface area contributed by atoms with Crippen LogP contribution >= 0.6 is 0 Å². The van der Waals surface area contributed by atoms with Gasteiger partial charge in [-0.3, -0.25) is 0 Å². The van der Waals surface area contributed by atoms with Crippen LogP contribution in [0.1, 0.15) is 35.2 Å². The van der Waals surface area contributed by atoms with Gasteiger partial charge in [0.25, 0.3) is 0 Å². The van der Waals surface area contributed by atoms with Gasteiger partial charge >= 0.3 is 0 Å². The Morgan fingerprint density at radius 1 is 0.925 bits per heavy atom. The fourth-order valence-corrected chi connectivity index (χ4v) is 4.20. The quantitative estimate of drug-likeness (QED) is 0.116. The van der Waals surface area contributed by atoms with Gasteiger partial charge in [-0.25, -0.2) is 9.97 Å². The lowest BCUT2D eigenvalue weighted by molar-refractivity contribution is 0.355. The van der Waals surface area contributed by atoms with Gasteiger partial charge in [0.15, 0.2) is 17.3 Å². The van der Waals surface area contributed by atoms with Crippen molar-refractivity contribution in [1.82, 2.24) is 9.97 Å². The number of aliphatic hydroxyl groups excluding tert-OH is 1. The standard InChI is InChI=1S/C32H33N5O3/c1-19(18-33)30-20(2)31(35-27-14-15-28(39-5)29(17-27)40-6)37-32(36-30)25-9-7-8-24(16-25)21(3)34-26-12-10-23(11-13-26)22(4)38/h7-19,33-34,38H,3-4H2,1-2,5-6H3,(H,35,36,37). The van der Waals surface area contributed by atoms with E-state index in [9.17, 15) is 5.11 Å². The van der Waals surface area contributed by atoms with Crippen LogP contribution in [-0.2, 0) is 0 Å². The highest BCUT2D eigenvalue weighted by molar-refractivity contribution is 5.78. The van der Waals surface area contributed by atoms with Crippen molar-refractivity contribution in [2.45, 2.75) is 19.8 Å². The number of nitrogens with one attached hydrogen (secondary N) is 3. The second kappa shape index (κ2) is 12.2. The fraction of sp³-hybridized carbons (Fsp3) is 0.156. The van der Waals surface area contributed by atoms with Crippen LogP contribution in [0.25, 0.3) is 22.8 Å². The molecule has 0 amide bonds. The number of benzene rings is 3. The highest BCUT2D eigenvalue weighted by Gasteiger charge is 2.17. The topological polar surface area (TPSA) is 112 Å². The van der Waals surface area contributed by atoms with Crippen molar-refractivity contribution in [3.05, 3.63) is 102 Å². The second-order valence-electron chi connectivity index (χ2n) is 9.26. The lowest BCUT2D eigenvalue weighted by atomic mass is 10.0. The van der Waals surface area contributed by atoms with E-state index in [2.05, 4.69) is 23.8 Å². The molecule has 0 spiro atoms. The molecule has 3 aromatic carbocycles. The Bertz CT molecular complexity index is 1560. The zero-order valence-electron chi connectivity index (χ0n) is 23.1. The summed E-state index contributed by atoms with van der Waals surface area (Å²) in [4.78, 5) is 9.73. The van der Waals surface area contributed by atoms with Crippen LogP contribution in [0.15, 0.2) is 79.9 Å². The van der Waals surface area contributed by atoms with E-state index in [0.29, 0.717) is 34.4 Å². The van der Waals surface area contributed by atoms with E-state index >= 15 is 0 Å². The first kappa shape index (κ1) is 27.9. The van der Waals surface area contributed by atoms with E-state index in [1.54, 1.807) is 26.4 Å². The predicted octanol–water partition coefficient (Wildman–Crippen LogP) is 7.58. The molecule has 8 nitrogen and oxygen atoms in total. The summed E-state index contributed by atoms with van der Waals surface area (Å²) in [6, 6.07) is 20.7. The molecule has 0 saturated carbocycles. The number of hydrogen-bond donors (Lipinski definition) is 4. The third kappa shape index (κ3) is 6.13. The molecule has 1 aromatic heterocycles. The molecule has 4 N–H and O–H groups in total. The molecule has 8 heteroatoms. The van der Waals surface area contributed by atoms with Gasteiger partial charge in [-0.15, -0.1) is 0 Å². The number of ether oxygens (including phenoxy) is 2. The largest absolute Gasteiger partial charge is 0.508 e. The van der Waals surface area contributed by atoms with Crippen molar-refractivity contribution in [2.75, 3.05) is 24.9 Å². The van der Waals surface area contributed by atoms with Crippen molar-refractivity contribution in [3.8, 4) is 22.9 Å². The smallest absolute Gasteiger partial charge is 0.162 e. The lowest BCUT2D eigenvalue weighted by Gasteiger charge is -2.17. The molecule has 4 rings (SSSR count). The first-order valence-electron chi connectivity index (χ1n) is 12.7. The Hall–Kier alpha value is -5.11. The normalized spacial score (nSPS) is 11.3. The van der Waals surface area contributed by atoms with Crippen LogP contribution in [0.3, 0.4) is 0 Å². The number of methoxy groups -OCH3 is 2. The molecular formula is C32H33N5O3.